The first kappa shape index (κ1) is 17.5. The topological polar surface area (TPSA) is 73.2 Å². The minimum atomic E-state index is -3.34. The van der Waals surface area contributed by atoms with E-state index in [1.807, 2.05) is 42.0 Å². The Labute approximate surface area is 137 Å². The standard InChI is InChI=1S/C16H23N3O3S/c1-3-15-4-6-16(7-5-15)22-12-13-23(20,21)18-9-11-19-10-8-17-14(19)2/h4-8,10,18H,3,9,11-13H2,1-2H3. The lowest BCUT2D eigenvalue weighted by atomic mass is 10.2. The number of ether oxygens (including phenoxy) is 1. The third-order valence-corrected chi connectivity index (χ3v) is 4.90. The van der Waals surface area contributed by atoms with Crippen LogP contribution < -0.4 is 9.46 Å². The van der Waals surface area contributed by atoms with Crippen LogP contribution in [-0.2, 0) is 23.0 Å². The summed E-state index contributed by atoms with van der Waals surface area (Å²) in [5.41, 5.74) is 1.22. The molecule has 23 heavy (non-hydrogen) atoms. The average molecular weight is 337 g/mol. The molecule has 0 unspecified atom stereocenters. The van der Waals surface area contributed by atoms with Gasteiger partial charge in [0.15, 0.2) is 0 Å². The van der Waals surface area contributed by atoms with Crippen LogP contribution in [0.4, 0.5) is 0 Å². The zero-order chi connectivity index (χ0) is 16.7. The number of rotatable bonds is 9. The van der Waals surface area contributed by atoms with Crippen molar-refractivity contribution in [3.05, 3.63) is 48.0 Å². The first-order chi connectivity index (χ1) is 11.0. The van der Waals surface area contributed by atoms with Crippen molar-refractivity contribution in [3.8, 4) is 5.75 Å². The van der Waals surface area contributed by atoms with Crippen LogP contribution in [0.5, 0.6) is 5.75 Å². The zero-order valence-electron chi connectivity index (χ0n) is 13.5. The van der Waals surface area contributed by atoms with Crippen LogP contribution >= 0.6 is 0 Å². The Balaban J connectivity index is 1.71. The molecule has 0 saturated heterocycles. The summed E-state index contributed by atoms with van der Waals surface area (Å²) in [5, 5.41) is 0. The first-order valence-electron chi connectivity index (χ1n) is 7.67. The molecule has 0 atom stereocenters. The highest BCUT2D eigenvalue weighted by Crippen LogP contribution is 2.12. The molecular weight excluding hydrogens is 314 g/mol. The molecule has 0 radical (unpaired) electrons. The van der Waals surface area contributed by atoms with E-state index >= 15 is 0 Å². The number of benzene rings is 1. The second-order valence-electron chi connectivity index (χ2n) is 5.23. The summed E-state index contributed by atoms with van der Waals surface area (Å²) >= 11 is 0. The van der Waals surface area contributed by atoms with Gasteiger partial charge >= 0.3 is 0 Å². The Bertz CT molecular complexity index is 708. The molecule has 7 heteroatoms. The maximum absolute atomic E-state index is 11.9. The monoisotopic (exact) mass is 337 g/mol. The van der Waals surface area contributed by atoms with Crippen molar-refractivity contribution in [2.45, 2.75) is 26.8 Å². The molecule has 2 aromatic rings. The number of sulfonamides is 1. The molecular formula is C16H23N3O3S. The van der Waals surface area contributed by atoms with Crippen molar-refractivity contribution in [1.29, 1.82) is 0 Å². The summed E-state index contributed by atoms with van der Waals surface area (Å²) in [7, 11) is -3.34. The summed E-state index contributed by atoms with van der Waals surface area (Å²) in [5.74, 6) is 1.49. The molecule has 0 amide bonds. The summed E-state index contributed by atoms with van der Waals surface area (Å²) in [6, 6.07) is 7.69. The number of aryl methyl sites for hydroxylation is 2. The van der Waals surface area contributed by atoms with E-state index in [0.29, 0.717) is 18.8 Å². The van der Waals surface area contributed by atoms with Crippen molar-refractivity contribution < 1.29 is 13.2 Å². The van der Waals surface area contributed by atoms with Gasteiger partial charge in [-0.2, -0.15) is 0 Å². The normalized spacial score (nSPS) is 11.6. The molecule has 1 N–H and O–H groups in total. The second-order valence-corrected chi connectivity index (χ2v) is 7.15. The highest BCUT2D eigenvalue weighted by molar-refractivity contribution is 7.89. The lowest BCUT2D eigenvalue weighted by Crippen LogP contribution is -2.31. The van der Waals surface area contributed by atoms with Gasteiger partial charge in [-0.05, 0) is 31.0 Å². The molecule has 0 spiro atoms. The molecule has 1 aromatic carbocycles. The van der Waals surface area contributed by atoms with Gasteiger partial charge in [-0.15, -0.1) is 0 Å². The van der Waals surface area contributed by atoms with Gasteiger partial charge in [-0.3, -0.25) is 0 Å². The zero-order valence-corrected chi connectivity index (χ0v) is 14.3. The van der Waals surface area contributed by atoms with E-state index in [4.69, 9.17) is 4.74 Å². The minimum Gasteiger partial charge on any atom is -0.492 e. The number of nitrogens with zero attached hydrogens (tertiary/aromatic N) is 2. The van der Waals surface area contributed by atoms with Gasteiger partial charge in [0, 0.05) is 25.5 Å². The highest BCUT2D eigenvalue weighted by Gasteiger charge is 2.10. The van der Waals surface area contributed by atoms with Crippen LogP contribution in [0.25, 0.3) is 0 Å². The number of hydrogen-bond acceptors (Lipinski definition) is 4. The van der Waals surface area contributed by atoms with Crippen LogP contribution in [0.2, 0.25) is 0 Å². The summed E-state index contributed by atoms with van der Waals surface area (Å²) in [6.07, 6.45) is 4.49. The van der Waals surface area contributed by atoms with Crippen molar-refractivity contribution in [2.75, 3.05) is 18.9 Å². The average Bonchev–Trinajstić information content (AvgIpc) is 2.93. The fourth-order valence-electron chi connectivity index (χ4n) is 2.12. The molecule has 1 aromatic heterocycles. The fraction of sp³-hybridized carbons (Fsp3) is 0.438. The lowest BCUT2D eigenvalue weighted by molar-refractivity contribution is 0.340. The van der Waals surface area contributed by atoms with Gasteiger partial charge in [0.2, 0.25) is 10.0 Å². The molecule has 6 nitrogen and oxygen atoms in total. The molecule has 0 aliphatic heterocycles. The fourth-order valence-corrected chi connectivity index (χ4v) is 2.97. The Morgan fingerprint density at radius 3 is 2.61 bits per heavy atom. The van der Waals surface area contributed by atoms with E-state index in [2.05, 4.69) is 16.6 Å². The summed E-state index contributed by atoms with van der Waals surface area (Å²) < 4.78 is 33.8. The van der Waals surface area contributed by atoms with Gasteiger partial charge in [0.1, 0.15) is 18.2 Å². The summed E-state index contributed by atoms with van der Waals surface area (Å²) in [6.45, 7) is 4.99. The van der Waals surface area contributed by atoms with E-state index < -0.39 is 10.0 Å². The van der Waals surface area contributed by atoms with Crippen molar-refractivity contribution in [2.24, 2.45) is 0 Å². The SMILES string of the molecule is CCc1ccc(OCCS(=O)(=O)NCCn2ccnc2C)cc1. The van der Waals surface area contributed by atoms with Crippen LogP contribution in [0, 0.1) is 6.92 Å². The van der Waals surface area contributed by atoms with E-state index in [-0.39, 0.29) is 12.4 Å². The Morgan fingerprint density at radius 1 is 1.26 bits per heavy atom. The van der Waals surface area contributed by atoms with Crippen LogP contribution in [0.3, 0.4) is 0 Å². The van der Waals surface area contributed by atoms with Crippen LogP contribution in [0.15, 0.2) is 36.7 Å². The van der Waals surface area contributed by atoms with E-state index in [1.54, 1.807) is 6.20 Å². The van der Waals surface area contributed by atoms with Gasteiger partial charge < -0.3 is 9.30 Å². The maximum atomic E-state index is 11.9. The van der Waals surface area contributed by atoms with Crippen LogP contribution in [-0.4, -0.2) is 36.9 Å². The van der Waals surface area contributed by atoms with Crippen LogP contribution in [0.1, 0.15) is 18.3 Å². The molecule has 0 aliphatic carbocycles. The van der Waals surface area contributed by atoms with Crippen molar-refractivity contribution >= 4 is 10.0 Å². The van der Waals surface area contributed by atoms with Gasteiger partial charge in [0.25, 0.3) is 0 Å². The quantitative estimate of drug-likeness (QED) is 0.757. The lowest BCUT2D eigenvalue weighted by Gasteiger charge is -2.10. The molecule has 2 rings (SSSR count). The Hall–Kier alpha value is -1.86. The first-order valence-corrected chi connectivity index (χ1v) is 9.32. The maximum Gasteiger partial charge on any atom is 0.215 e. The third kappa shape index (κ3) is 5.69. The van der Waals surface area contributed by atoms with Crippen molar-refractivity contribution in [1.82, 2.24) is 14.3 Å². The minimum absolute atomic E-state index is 0.0640. The van der Waals surface area contributed by atoms with Gasteiger partial charge in [-0.25, -0.2) is 18.1 Å². The molecule has 1 heterocycles. The smallest absolute Gasteiger partial charge is 0.215 e. The highest BCUT2D eigenvalue weighted by atomic mass is 32.2. The molecule has 0 aliphatic rings. The molecule has 0 bridgehead atoms. The predicted octanol–water partition coefficient (Wildman–Crippen LogP) is 1.75. The predicted molar refractivity (Wildman–Crippen MR) is 90.1 cm³/mol. The number of hydrogen-bond donors (Lipinski definition) is 1. The molecule has 0 saturated carbocycles. The van der Waals surface area contributed by atoms with E-state index in [1.165, 1.54) is 5.56 Å². The van der Waals surface area contributed by atoms with Gasteiger partial charge in [0.05, 0.1) is 5.75 Å². The Kier molecular flexibility index (Phi) is 6.18. The van der Waals surface area contributed by atoms with E-state index in [0.717, 1.165) is 12.2 Å². The second kappa shape index (κ2) is 8.12. The number of nitrogens with one attached hydrogen (secondary N) is 1. The van der Waals surface area contributed by atoms with E-state index in [9.17, 15) is 8.42 Å². The molecule has 0 fully saturated rings. The largest absolute Gasteiger partial charge is 0.492 e. The third-order valence-electron chi connectivity index (χ3n) is 3.55. The van der Waals surface area contributed by atoms with Gasteiger partial charge in [-0.1, -0.05) is 19.1 Å². The number of imidazole rings is 1. The Morgan fingerprint density at radius 2 is 2.00 bits per heavy atom. The molecule has 126 valence electrons. The number of aromatic nitrogens is 2. The summed E-state index contributed by atoms with van der Waals surface area (Å²) in [4.78, 5) is 4.09. The van der Waals surface area contributed by atoms with Crippen molar-refractivity contribution in [3.63, 3.8) is 0 Å².